The summed E-state index contributed by atoms with van der Waals surface area (Å²) in [6.07, 6.45) is 12.7. The highest BCUT2D eigenvalue weighted by atomic mass is 32.2. The second-order valence-corrected chi connectivity index (χ2v) is 7.13. The second-order valence-electron chi connectivity index (χ2n) is 5.85. The van der Waals surface area contributed by atoms with E-state index < -0.39 is 0 Å². The Labute approximate surface area is 132 Å². The summed E-state index contributed by atoms with van der Waals surface area (Å²) >= 11 is 2.02. The van der Waals surface area contributed by atoms with Crippen molar-refractivity contribution in [3.05, 3.63) is 11.9 Å². The summed E-state index contributed by atoms with van der Waals surface area (Å²) in [5, 5.41) is 6.81. The van der Waals surface area contributed by atoms with Crippen LogP contribution in [0.2, 0.25) is 0 Å². The van der Waals surface area contributed by atoms with Gasteiger partial charge in [-0.05, 0) is 25.5 Å². The topological polar surface area (TPSA) is 49.8 Å². The molecule has 1 aliphatic rings. The fourth-order valence-corrected chi connectivity index (χ4v) is 4.07. The van der Waals surface area contributed by atoms with Gasteiger partial charge in [0.15, 0.2) is 0 Å². The first kappa shape index (κ1) is 16.4. The van der Waals surface area contributed by atoms with Crippen molar-refractivity contribution in [2.24, 2.45) is 0 Å². The molecule has 0 aliphatic heterocycles. The summed E-state index contributed by atoms with van der Waals surface area (Å²) in [6, 6.07) is 0. The van der Waals surface area contributed by atoms with Gasteiger partial charge in [-0.2, -0.15) is 11.8 Å². The van der Waals surface area contributed by atoms with Crippen LogP contribution in [-0.4, -0.2) is 34.6 Å². The van der Waals surface area contributed by atoms with E-state index in [0.717, 1.165) is 31.0 Å². The van der Waals surface area contributed by atoms with Gasteiger partial charge in [0, 0.05) is 23.9 Å². The predicted octanol–water partition coefficient (Wildman–Crippen LogP) is 3.95. The van der Waals surface area contributed by atoms with E-state index in [2.05, 4.69) is 33.8 Å². The summed E-state index contributed by atoms with van der Waals surface area (Å²) in [5.41, 5.74) is 1.22. The van der Waals surface area contributed by atoms with Crippen molar-refractivity contribution in [1.82, 2.24) is 9.97 Å². The highest BCUT2D eigenvalue weighted by Gasteiger charge is 2.31. The molecule has 0 atom stereocenters. The monoisotopic (exact) mass is 308 g/mol. The summed E-state index contributed by atoms with van der Waals surface area (Å²) in [7, 11) is 1.93. The average Bonchev–Trinajstić information content (AvgIpc) is 2.55. The molecule has 4 nitrogen and oxygen atoms in total. The Morgan fingerprint density at radius 2 is 1.90 bits per heavy atom. The molecule has 0 spiro atoms. The minimum Gasteiger partial charge on any atom is -0.373 e. The van der Waals surface area contributed by atoms with Crippen molar-refractivity contribution in [3.8, 4) is 0 Å². The molecule has 0 bridgehead atoms. The third kappa shape index (κ3) is 4.02. The summed E-state index contributed by atoms with van der Waals surface area (Å²) in [5.74, 6) is 1.96. The highest BCUT2D eigenvalue weighted by molar-refractivity contribution is 8.00. The minimum absolute atomic E-state index is 0.381. The van der Waals surface area contributed by atoms with Crippen LogP contribution in [0.15, 0.2) is 6.33 Å². The summed E-state index contributed by atoms with van der Waals surface area (Å²) in [6.45, 7) is 3.20. The normalized spacial score (nSPS) is 17.5. The molecule has 0 saturated heterocycles. The van der Waals surface area contributed by atoms with Gasteiger partial charge in [-0.25, -0.2) is 9.97 Å². The number of hydrogen-bond acceptors (Lipinski definition) is 5. The van der Waals surface area contributed by atoms with Crippen LogP contribution in [0, 0.1) is 0 Å². The number of nitrogens with zero attached hydrogens (tertiary/aromatic N) is 2. The quantitative estimate of drug-likeness (QED) is 0.799. The van der Waals surface area contributed by atoms with Gasteiger partial charge in [0.25, 0.3) is 0 Å². The molecule has 118 valence electrons. The number of thioether (sulfide) groups is 1. The Bertz CT molecular complexity index is 444. The van der Waals surface area contributed by atoms with Crippen molar-refractivity contribution < 1.29 is 0 Å². The van der Waals surface area contributed by atoms with Gasteiger partial charge in [-0.15, -0.1) is 0 Å². The zero-order chi connectivity index (χ0) is 15.1. The Morgan fingerprint density at radius 3 is 2.52 bits per heavy atom. The molecule has 21 heavy (non-hydrogen) atoms. The second kappa shape index (κ2) is 7.87. The van der Waals surface area contributed by atoms with Crippen LogP contribution in [-0.2, 0) is 6.42 Å². The van der Waals surface area contributed by atoms with Crippen LogP contribution in [0.4, 0.5) is 11.6 Å². The van der Waals surface area contributed by atoms with E-state index in [0.29, 0.717) is 4.75 Å². The molecule has 1 saturated carbocycles. The van der Waals surface area contributed by atoms with Crippen molar-refractivity contribution in [3.63, 3.8) is 0 Å². The molecule has 1 fully saturated rings. The molecule has 0 radical (unpaired) electrons. The molecule has 1 aromatic rings. The van der Waals surface area contributed by atoms with E-state index in [4.69, 9.17) is 0 Å². The fraction of sp³-hybridized carbons (Fsp3) is 0.750. The number of rotatable bonds is 7. The first-order valence-electron chi connectivity index (χ1n) is 8.05. The van der Waals surface area contributed by atoms with Crippen molar-refractivity contribution in [2.45, 2.75) is 56.6 Å². The molecule has 2 rings (SSSR count). The molecule has 1 aliphatic carbocycles. The lowest BCUT2D eigenvalue weighted by molar-refractivity contribution is 0.411. The molecule has 1 heterocycles. The molecule has 0 aromatic carbocycles. The van der Waals surface area contributed by atoms with Gasteiger partial charge in [-0.1, -0.05) is 32.6 Å². The summed E-state index contributed by atoms with van der Waals surface area (Å²) in [4.78, 5) is 8.83. The lowest BCUT2D eigenvalue weighted by atomic mass is 9.88. The Hall–Kier alpha value is -0.970. The van der Waals surface area contributed by atoms with E-state index in [1.165, 1.54) is 37.7 Å². The lowest BCUT2D eigenvalue weighted by Crippen LogP contribution is -2.36. The molecular weight excluding hydrogens is 280 g/mol. The number of hydrogen-bond donors (Lipinski definition) is 2. The van der Waals surface area contributed by atoms with E-state index in [9.17, 15) is 0 Å². The van der Waals surface area contributed by atoms with Gasteiger partial charge >= 0.3 is 0 Å². The van der Waals surface area contributed by atoms with Gasteiger partial charge in [-0.3, -0.25) is 0 Å². The van der Waals surface area contributed by atoms with Crippen molar-refractivity contribution in [1.29, 1.82) is 0 Å². The maximum Gasteiger partial charge on any atom is 0.134 e. The zero-order valence-corrected chi connectivity index (χ0v) is 14.4. The first-order valence-corrected chi connectivity index (χ1v) is 9.28. The summed E-state index contributed by atoms with van der Waals surface area (Å²) < 4.78 is 0.381. The molecule has 1 aromatic heterocycles. The van der Waals surface area contributed by atoms with Crippen LogP contribution in [0.1, 0.15) is 51.0 Å². The van der Waals surface area contributed by atoms with Crippen LogP contribution >= 0.6 is 11.8 Å². The van der Waals surface area contributed by atoms with E-state index >= 15 is 0 Å². The molecule has 2 N–H and O–H groups in total. The largest absolute Gasteiger partial charge is 0.373 e. The lowest BCUT2D eigenvalue weighted by Gasteiger charge is -2.36. The van der Waals surface area contributed by atoms with Gasteiger partial charge in [0.2, 0.25) is 0 Å². The van der Waals surface area contributed by atoms with E-state index in [1.807, 2.05) is 18.8 Å². The fourth-order valence-electron chi connectivity index (χ4n) is 3.16. The smallest absolute Gasteiger partial charge is 0.134 e. The molecule has 0 amide bonds. The number of nitrogens with one attached hydrogen (secondary N) is 2. The Morgan fingerprint density at radius 1 is 1.19 bits per heavy atom. The van der Waals surface area contributed by atoms with Crippen LogP contribution < -0.4 is 10.6 Å². The maximum atomic E-state index is 4.48. The third-order valence-electron chi connectivity index (χ3n) is 4.46. The minimum atomic E-state index is 0.381. The molecular formula is C16H28N4S. The number of aromatic nitrogens is 2. The SMILES string of the molecule is CCCc1c(NC)ncnc1NCC1(SC)CCCCC1. The van der Waals surface area contributed by atoms with Crippen molar-refractivity contribution >= 4 is 23.4 Å². The van der Waals surface area contributed by atoms with E-state index in [-0.39, 0.29) is 0 Å². The van der Waals surface area contributed by atoms with Gasteiger partial charge < -0.3 is 10.6 Å². The van der Waals surface area contributed by atoms with Crippen LogP contribution in [0.25, 0.3) is 0 Å². The Balaban J connectivity index is 2.11. The first-order chi connectivity index (χ1) is 10.2. The maximum absolute atomic E-state index is 4.48. The molecule has 0 unspecified atom stereocenters. The highest BCUT2D eigenvalue weighted by Crippen LogP contribution is 2.38. The zero-order valence-electron chi connectivity index (χ0n) is 13.5. The standard InChI is InChI=1S/C16H28N4S/c1-4-8-13-14(17-2)19-12-20-15(13)18-11-16(21-3)9-6-5-7-10-16/h12H,4-11H2,1-3H3,(H2,17,18,19,20). The number of anilines is 2. The van der Waals surface area contributed by atoms with Gasteiger partial charge in [0.1, 0.15) is 18.0 Å². The average molecular weight is 308 g/mol. The van der Waals surface area contributed by atoms with Crippen molar-refractivity contribution in [2.75, 3.05) is 30.5 Å². The third-order valence-corrected chi connectivity index (χ3v) is 5.88. The van der Waals surface area contributed by atoms with Crippen LogP contribution in [0.3, 0.4) is 0 Å². The van der Waals surface area contributed by atoms with Crippen LogP contribution in [0.5, 0.6) is 0 Å². The van der Waals surface area contributed by atoms with E-state index in [1.54, 1.807) is 6.33 Å². The van der Waals surface area contributed by atoms with Gasteiger partial charge in [0.05, 0.1) is 0 Å². The predicted molar refractivity (Wildman–Crippen MR) is 93.4 cm³/mol. The Kier molecular flexibility index (Phi) is 6.15. The molecule has 5 heteroatoms.